The second kappa shape index (κ2) is 9.55. The molecule has 9 nitrogen and oxygen atoms in total. The SMILES string of the molecule is COc1nc(-c2ccc(N3CC[C@@H](O)C3)nc2)ccc1NC(=O)c1c(-c2ccccc2)noc1C. The predicted molar refractivity (Wildman–Crippen MR) is 131 cm³/mol. The van der Waals surface area contributed by atoms with Crippen molar-refractivity contribution in [3.63, 3.8) is 0 Å². The van der Waals surface area contributed by atoms with Crippen LogP contribution in [0.15, 0.2) is 65.3 Å². The maximum Gasteiger partial charge on any atom is 0.261 e. The molecule has 1 saturated heterocycles. The van der Waals surface area contributed by atoms with Crippen LogP contribution in [0.1, 0.15) is 22.5 Å². The van der Waals surface area contributed by atoms with E-state index < -0.39 is 0 Å². The lowest BCUT2D eigenvalue weighted by atomic mass is 10.1. The van der Waals surface area contributed by atoms with Crippen molar-refractivity contribution in [3.8, 4) is 28.4 Å². The van der Waals surface area contributed by atoms with E-state index in [1.165, 1.54) is 7.11 Å². The fourth-order valence-corrected chi connectivity index (χ4v) is 4.14. The molecule has 0 aliphatic carbocycles. The lowest BCUT2D eigenvalue weighted by molar-refractivity contribution is 0.102. The Morgan fingerprint density at radius 3 is 2.66 bits per heavy atom. The number of ether oxygens (including phenoxy) is 1. The van der Waals surface area contributed by atoms with Gasteiger partial charge in [-0.25, -0.2) is 9.97 Å². The number of aryl methyl sites for hydroxylation is 1. The predicted octanol–water partition coefficient (Wildman–Crippen LogP) is 3.94. The van der Waals surface area contributed by atoms with Crippen molar-refractivity contribution in [1.29, 1.82) is 0 Å². The Bertz CT molecular complexity index is 1340. The van der Waals surface area contributed by atoms with Crippen LogP contribution >= 0.6 is 0 Å². The van der Waals surface area contributed by atoms with E-state index in [2.05, 4.69) is 25.3 Å². The molecule has 0 spiro atoms. The third kappa shape index (κ3) is 4.58. The molecule has 4 heterocycles. The first-order valence-electron chi connectivity index (χ1n) is 11.3. The maximum atomic E-state index is 13.2. The highest BCUT2D eigenvalue weighted by Gasteiger charge is 2.24. The first-order chi connectivity index (χ1) is 17.0. The number of nitrogens with zero attached hydrogens (tertiary/aromatic N) is 4. The van der Waals surface area contributed by atoms with Gasteiger partial charge in [0.25, 0.3) is 5.91 Å². The number of carbonyl (C=O) groups is 1. The number of β-amino-alcohol motifs (C(OH)–C–C–N with tert-alkyl or cyclic N) is 1. The van der Waals surface area contributed by atoms with Gasteiger partial charge in [-0.15, -0.1) is 0 Å². The highest BCUT2D eigenvalue weighted by Crippen LogP contribution is 2.30. The average molecular weight is 472 g/mol. The number of aliphatic hydroxyl groups excluding tert-OH is 1. The second-order valence-corrected chi connectivity index (χ2v) is 8.33. The van der Waals surface area contributed by atoms with Gasteiger partial charge in [-0.2, -0.15) is 0 Å². The number of rotatable bonds is 6. The van der Waals surface area contributed by atoms with Crippen LogP contribution in [0.4, 0.5) is 11.5 Å². The number of hydrogen-bond acceptors (Lipinski definition) is 8. The van der Waals surface area contributed by atoms with Crippen LogP contribution in [-0.2, 0) is 0 Å². The number of pyridine rings is 2. The molecule has 1 atom stereocenters. The molecule has 0 radical (unpaired) electrons. The summed E-state index contributed by atoms with van der Waals surface area (Å²) in [6.45, 7) is 3.07. The summed E-state index contributed by atoms with van der Waals surface area (Å²) in [7, 11) is 1.50. The topological polar surface area (TPSA) is 114 Å². The van der Waals surface area contributed by atoms with Crippen LogP contribution in [0.5, 0.6) is 5.88 Å². The van der Waals surface area contributed by atoms with E-state index in [4.69, 9.17) is 9.26 Å². The van der Waals surface area contributed by atoms with Crippen LogP contribution in [0.3, 0.4) is 0 Å². The van der Waals surface area contributed by atoms with Crippen molar-refractivity contribution >= 4 is 17.4 Å². The zero-order valence-corrected chi connectivity index (χ0v) is 19.4. The molecule has 5 rings (SSSR count). The van der Waals surface area contributed by atoms with Gasteiger partial charge in [0.1, 0.15) is 28.5 Å². The molecular weight excluding hydrogens is 446 g/mol. The number of aromatic nitrogens is 3. The molecule has 2 N–H and O–H groups in total. The standard InChI is InChI=1S/C26H25N5O4/c1-16-23(24(30-35-16)17-6-4-3-5-7-17)25(33)28-21-10-9-20(29-26(21)34-2)18-8-11-22(27-14-18)31-13-12-19(32)15-31/h3-11,14,19,32H,12-13,15H2,1-2H3,(H,28,33)/t19-/m1/s1. The second-order valence-electron chi connectivity index (χ2n) is 8.33. The molecule has 9 heteroatoms. The van der Waals surface area contributed by atoms with Gasteiger partial charge in [0.15, 0.2) is 0 Å². The minimum atomic E-state index is -0.366. The lowest BCUT2D eigenvalue weighted by Crippen LogP contribution is -2.21. The summed E-state index contributed by atoms with van der Waals surface area (Å²) in [5, 5.41) is 16.7. The van der Waals surface area contributed by atoms with Gasteiger partial charge in [0.05, 0.1) is 18.9 Å². The summed E-state index contributed by atoms with van der Waals surface area (Å²) < 4.78 is 10.8. The highest BCUT2D eigenvalue weighted by atomic mass is 16.5. The zero-order valence-electron chi connectivity index (χ0n) is 19.4. The molecule has 0 unspecified atom stereocenters. The fraction of sp³-hybridized carbons (Fsp3) is 0.231. The Kier molecular flexibility index (Phi) is 6.15. The molecule has 0 bridgehead atoms. The largest absolute Gasteiger partial charge is 0.479 e. The average Bonchev–Trinajstić information content (AvgIpc) is 3.50. The van der Waals surface area contributed by atoms with Gasteiger partial charge in [-0.05, 0) is 37.6 Å². The van der Waals surface area contributed by atoms with Gasteiger partial charge in [-0.1, -0.05) is 35.5 Å². The highest BCUT2D eigenvalue weighted by molar-refractivity contribution is 6.09. The third-order valence-corrected chi connectivity index (χ3v) is 5.97. The molecule has 4 aromatic rings. The lowest BCUT2D eigenvalue weighted by Gasteiger charge is -2.16. The van der Waals surface area contributed by atoms with Crippen LogP contribution in [0.25, 0.3) is 22.5 Å². The fourth-order valence-electron chi connectivity index (χ4n) is 4.14. The molecule has 1 amide bonds. The quantitative estimate of drug-likeness (QED) is 0.435. The Hall–Kier alpha value is -4.24. The van der Waals surface area contributed by atoms with E-state index in [1.54, 1.807) is 25.3 Å². The Morgan fingerprint density at radius 1 is 1.14 bits per heavy atom. The van der Waals surface area contributed by atoms with Crippen molar-refractivity contribution in [3.05, 3.63) is 72.1 Å². The molecule has 3 aromatic heterocycles. The van der Waals surface area contributed by atoms with Crippen molar-refractivity contribution in [2.24, 2.45) is 0 Å². The molecule has 0 saturated carbocycles. The number of hydrogen-bond donors (Lipinski definition) is 2. The maximum absolute atomic E-state index is 13.2. The number of amides is 1. The number of benzene rings is 1. The molecule has 35 heavy (non-hydrogen) atoms. The summed E-state index contributed by atoms with van der Waals surface area (Å²) in [4.78, 5) is 24.3. The van der Waals surface area contributed by atoms with Crippen LogP contribution in [-0.4, -0.2) is 52.4 Å². The minimum Gasteiger partial charge on any atom is -0.479 e. The Morgan fingerprint density at radius 2 is 1.97 bits per heavy atom. The molecule has 1 aromatic carbocycles. The number of nitrogens with one attached hydrogen (secondary N) is 1. The van der Waals surface area contributed by atoms with E-state index in [0.29, 0.717) is 34.9 Å². The van der Waals surface area contributed by atoms with E-state index in [1.807, 2.05) is 42.5 Å². The number of carbonyl (C=O) groups excluding carboxylic acids is 1. The summed E-state index contributed by atoms with van der Waals surface area (Å²) in [6, 6.07) is 16.8. The summed E-state index contributed by atoms with van der Waals surface area (Å²) >= 11 is 0. The van der Waals surface area contributed by atoms with Gasteiger partial charge in [0, 0.05) is 30.4 Å². The van der Waals surface area contributed by atoms with Crippen molar-refractivity contribution in [2.45, 2.75) is 19.4 Å². The van der Waals surface area contributed by atoms with Crippen molar-refractivity contribution in [2.75, 3.05) is 30.4 Å². The number of methoxy groups -OCH3 is 1. The molecule has 1 aliphatic heterocycles. The van der Waals surface area contributed by atoms with Gasteiger partial charge in [0.2, 0.25) is 5.88 Å². The van der Waals surface area contributed by atoms with Crippen LogP contribution < -0.4 is 15.0 Å². The normalized spacial score (nSPS) is 15.3. The van der Waals surface area contributed by atoms with Crippen molar-refractivity contribution in [1.82, 2.24) is 15.1 Å². The van der Waals surface area contributed by atoms with E-state index in [9.17, 15) is 9.90 Å². The van der Waals surface area contributed by atoms with Crippen LogP contribution in [0, 0.1) is 6.92 Å². The van der Waals surface area contributed by atoms with Gasteiger partial charge >= 0.3 is 0 Å². The van der Waals surface area contributed by atoms with Crippen molar-refractivity contribution < 1.29 is 19.2 Å². The molecule has 1 fully saturated rings. The minimum absolute atomic E-state index is 0.276. The monoisotopic (exact) mass is 471 g/mol. The molecule has 1 aliphatic rings. The number of aliphatic hydroxyl groups is 1. The smallest absolute Gasteiger partial charge is 0.261 e. The van der Waals surface area contributed by atoms with E-state index >= 15 is 0 Å². The summed E-state index contributed by atoms with van der Waals surface area (Å²) in [5.74, 6) is 1.15. The Balaban J connectivity index is 1.37. The zero-order chi connectivity index (χ0) is 24.4. The number of anilines is 2. The third-order valence-electron chi connectivity index (χ3n) is 5.97. The van der Waals surface area contributed by atoms with Gasteiger partial charge in [-0.3, -0.25) is 4.79 Å². The molecule has 178 valence electrons. The van der Waals surface area contributed by atoms with Crippen LogP contribution in [0.2, 0.25) is 0 Å². The molecular formula is C26H25N5O4. The summed E-state index contributed by atoms with van der Waals surface area (Å²) in [5.41, 5.74) is 3.51. The van der Waals surface area contributed by atoms with E-state index in [-0.39, 0.29) is 17.9 Å². The van der Waals surface area contributed by atoms with E-state index in [0.717, 1.165) is 29.9 Å². The first kappa shape index (κ1) is 22.5. The van der Waals surface area contributed by atoms with Gasteiger partial charge < -0.3 is 24.6 Å². The Labute approximate surface area is 202 Å². The summed E-state index contributed by atoms with van der Waals surface area (Å²) in [6.07, 6.45) is 2.18. The first-order valence-corrected chi connectivity index (χ1v) is 11.3.